The first-order valence-corrected chi connectivity index (χ1v) is 12.7. The summed E-state index contributed by atoms with van der Waals surface area (Å²) in [5, 5.41) is 8.62. The van der Waals surface area contributed by atoms with Crippen LogP contribution in [0.5, 0.6) is 0 Å². The van der Waals surface area contributed by atoms with E-state index in [0.717, 1.165) is 0 Å². The number of carbonyl (C=O) groups is 1. The molecule has 5 aromatic rings. The second kappa shape index (κ2) is 9.49. The molecule has 0 atom stereocenters. The van der Waals surface area contributed by atoms with Crippen LogP contribution in [0.15, 0.2) is 95.6 Å². The smallest absolute Gasteiger partial charge is 0.265 e. The molecule has 0 unspecified atom stereocenters. The van der Waals surface area contributed by atoms with E-state index in [0.29, 0.717) is 33.0 Å². The van der Waals surface area contributed by atoms with Crippen LogP contribution < -0.4 is 15.4 Å². The number of anilines is 4. The van der Waals surface area contributed by atoms with Crippen molar-refractivity contribution in [1.82, 2.24) is 15.0 Å². The first-order valence-electron chi connectivity index (χ1n) is 10.4. The zero-order chi connectivity index (χ0) is 24.3. The Balaban J connectivity index is 1.36. The fraction of sp³-hybridized carbons (Fsp3) is 0. The van der Waals surface area contributed by atoms with E-state index >= 15 is 0 Å². The summed E-state index contributed by atoms with van der Waals surface area (Å²) in [5.74, 6) is 0.565. The van der Waals surface area contributed by atoms with Gasteiger partial charge in [-0.15, -0.1) is 11.3 Å². The highest BCUT2D eigenvalue weighted by atomic mass is 32.2. The van der Waals surface area contributed by atoms with Crippen LogP contribution in [-0.2, 0) is 10.0 Å². The monoisotopic (exact) mass is 502 g/mol. The molecule has 0 fully saturated rings. The second-order valence-electron chi connectivity index (χ2n) is 7.36. The molecule has 3 N–H and O–H groups in total. The fourth-order valence-electron chi connectivity index (χ4n) is 3.31. The number of amides is 1. The maximum atomic E-state index is 12.6. The van der Waals surface area contributed by atoms with Gasteiger partial charge in [0.05, 0.1) is 15.3 Å². The van der Waals surface area contributed by atoms with Crippen LogP contribution in [0.3, 0.4) is 0 Å². The minimum atomic E-state index is -3.78. The van der Waals surface area contributed by atoms with E-state index in [1.165, 1.54) is 36.0 Å². The van der Waals surface area contributed by atoms with E-state index in [-0.39, 0.29) is 16.6 Å². The molecule has 0 radical (unpaired) electrons. The molecule has 0 aliphatic heterocycles. The lowest BCUT2D eigenvalue weighted by atomic mass is 10.2. The van der Waals surface area contributed by atoms with E-state index < -0.39 is 10.0 Å². The van der Waals surface area contributed by atoms with Gasteiger partial charge in [0.1, 0.15) is 18.0 Å². The van der Waals surface area contributed by atoms with E-state index in [9.17, 15) is 13.2 Å². The maximum Gasteiger partial charge on any atom is 0.265 e. The third kappa shape index (κ3) is 5.10. The average molecular weight is 503 g/mol. The molecular formula is C24H18N6O3S2. The Morgan fingerprint density at radius 2 is 1.69 bits per heavy atom. The Morgan fingerprint density at radius 1 is 0.857 bits per heavy atom. The summed E-state index contributed by atoms with van der Waals surface area (Å²) in [5.41, 5.74) is 1.93. The number of carbonyl (C=O) groups excluding carboxylic acids is 1. The Hall–Kier alpha value is -4.35. The Bertz CT molecular complexity index is 1590. The molecule has 1 amide bonds. The lowest BCUT2D eigenvalue weighted by Gasteiger charge is -2.11. The van der Waals surface area contributed by atoms with Crippen molar-refractivity contribution < 1.29 is 13.2 Å². The van der Waals surface area contributed by atoms with E-state index in [1.54, 1.807) is 54.6 Å². The average Bonchev–Trinajstić information content (AvgIpc) is 3.41. The zero-order valence-corrected chi connectivity index (χ0v) is 19.7. The Morgan fingerprint density at radius 3 is 2.43 bits per heavy atom. The predicted octanol–water partition coefficient (Wildman–Crippen LogP) is 4.88. The molecule has 3 heterocycles. The van der Waals surface area contributed by atoms with Crippen LogP contribution in [0.4, 0.5) is 23.0 Å². The van der Waals surface area contributed by atoms with E-state index in [2.05, 4.69) is 30.3 Å². The number of thiophene rings is 1. The summed E-state index contributed by atoms with van der Waals surface area (Å²) in [6, 6.07) is 20.2. The second-order valence-corrected chi connectivity index (χ2v) is 9.99. The van der Waals surface area contributed by atoms with Crippen molar-refractivity contribution in [2.24, 2.45) is 0 Å². The quantitative estimate of drug-likeness (QED) is 0.289. The van der Waals surface area contributed by atoms with Gasteiger partial charge in [0.2, 0.25) is 0 Å². The predicted molar refractivity (Wildman–Crippen MR) is 137 cm³/mol. The van der Waals surface area contributed by atoms with Crippen LogP contribution in [0.25, 0.3) is 10.9 Å². The van der Waals surface area contributed by atoms with Crippen molar-refractivity contribution in [2.45, 2.75) is 4.90 Å². The number of hydrogen-bond donors (Lipinski definition) is 3. The van der Waals surface area contributed by atoms with Gasteiger partial charge in [-0.05, 0) is 66.0 Å². The maximum absolute atomic E-state index is 12.6. The number of pyridine rings is 1. The standard InChI is InChI=1S/C24H18N6O3S2/c31-24(21-4-3-13-34-21)29-17-8-11-20-19(14-17)23(27-15-26-20)28-16-6-9-18(10-7-16)35(32,33)30-22-5-1-2-12-25-22/h1-15H,(H,25,30)(H,29,31)(H,26,27,28). The SMILES string of the molecule is O=C(Nc1ccc2ncnc(Nc3ccc(S(=O)(=O)Nc4ccccn4)cc3)c2c1)c1cccs1. The van der Waals surface area contributed by atoms with Crippen LogP contribution in [0.2, 0.25) is 0 Å². The van der Waals surface area contributed by atoms with Crippen molar-refractivity contribution in [3.63, 3.8) is 0 Å². The van der Waals surface area contributed by atoms with Crippen LogP contribution in [-0.4, -0.2) is 29.3 Å². The summed E-state index contributed by atoms with van der Waals surface area (Å²) in [4.78, 5) is 25.7. The topological polar surface area (TPSA) is 126 Å². The highest BCUT2D eigenvalue weighted by Gasteiger charge is 2.15. The largest absolute Gasteiger partial charge is 0.340 e. The number of fused-ring (bicyclic) bond motifs is 1. The van der Waals surface area contributed by atoms with Crippen molar-refractivity contribution >= 4 is 61.2 Å². The molecule has 11 heteroatoms. The molecule has 5 rings (SSSR count). The molecule has 0 bridgehead atoms. The lowest BCUT2D eigenvalue weighted by molar-refractivity contribution is 0.103. The van der Waals surface area contributed by atoms with Gasteiger partial charge in [0.25, 0.3) is 15.9 Å². The van der Waals surface area contributed by atoms with Crippen molar-refractivity contribution in [3.05, 3.63) is 95.6 Å². The zero-order valence-electron chi connectivity index (χ0n) is 18.0. The minimum Gasteiger partial charge on any atom is -0.340 e. The molecule has 0 saturated heterocycles. The third-order valence-electron chi connectivity index (χ3n) is 4.97. The molecule has 0 aliphatic rings. The molecule has 174 valence electrons. The summed E-state index contributed by atoms with van der Waals surface area (Å²) in [7, 11) is -3.78. The van der Waals surface area contributed by atoms with Gasteiger partial charge in [-0.25, -0.2) is 23.4 Å². The van der Waals surface area contributed by atoms with Gasteiger partial charge in [0, 0.05) is 23.0 Å². The number of hydrogen-bond acceptors (Lipinski definition) is 8. The molecule has 35 heavy (non-hydrogen) atoms. The summed E-state index contributed by atoms with van der Waals surface area (Å²) >= 11 is 1.36. The summed E-state index contributed by atoms with van der Waals surface area (Å²) < 4.78 is 27.7. The van der Waals surface area contributed by atoms with E-state index in [1.807, 2.05) is 11.4 Å². The molecule has 9 nitrogen and oxygen atoms in total. The van der Waals surface area contributed by atoms with Crippen molar-refractivity contribution in [3.8, 4) is 0 Å². The molecule has 0 saturated carbocycles. The highest BCUT2D eigenvalue weighted by molar-refractivity contribution is 7.92. The highest BCUT2D eigenvalue weighted by Crippen LogP contribution is 2.27. The van der Waals surface area contributed by atoms with Crippen molar-refractivity contribution in [2.75, 3.05) is 15.4 Å². The molecular weight excluding hydrogens is 484 g/mol. The van der Waals surface area contributed by atoms with Crippen LogP contribution in [0, 0.1) is 0 Å². The number of nitrogens with one attached hydrogen (secondary N) is 3. The molecule has 0 aliphatic carbocycles. The summed E-state index contributed by atoms with van der Waals surface area (Å²) in [6.07, 6.45) is 2.94. The van der Waals surface area contributed by atoms with E-state index in [4.69, 9.17) is 0 Å². The van der Waals surface area contributed by atoms with Gasteiger partial charge in [-0.2, -0.15) is 0 Å². The molecule has 3 aromatic heterocycles. The van der Waals surface area contributed by atoms with Gasteiger partial charge in [-0.3, -0.25) is 9.52 Å². The van der Waals surface area contributed by atoms with Crippen molar-refractivity contribution in [1.29, 1.82) is 0 Å². The fourth-order valence-corrected chi connectivity index (χ4v) is 4.94. The third-order valence-corrected chi connectivity index (χ3v) is 7.21. The first kappa shape index (κ1) is 22.4. The summed E-state index contributed by atoms with van der Waals surface area (Å²) in [6.45, 7) is 0. The number of sulfonamides is 1. The first-order chi connectivity index (χ1) is 17.0. The Kier molecular flexibility index (Phi) is 6.08. The normalized spacial score (nSPS) is 11.2. The lowest BCUT2D eigenvalue weighted by Crippen LogP contribution is -2.13. The van der Waals surface area contributed by atoms with Gasteiger partial charge in [0.15, 0.2) is 0 Å². The van der Waals surface area contributed by atoms with Gasteiger partial charge >= 0.3 is 0 Å². The molecule has 0 spiro atoms. The number of rotatable bonds is 7. The molecule has 2 aromatic carbocycles. The van der Waals surface area contributed by atoms with Gasteiger partial charge in [-0.1, -0.05) is 12.1 Å². The van der Waals surface area contributed by atoms with Gasteiger partial charge < -0.3 is 10.6 Å². The minimum absolute atomic E-state index is 0.0971. The Labute approximate surface area is 205 Å². The van der Waals surface area contributed by atoms with Crippen LogP contribution >= 0.6 is 11.3 Å². The number of benzene rings is 2. The van der Waals surface area contributed by atoms with Crippen LogP contribution in [0.1, 0.15) is 9.67 Å². The number of nitrogens with zero attached hydrogens (tertiary/aromatic N) is 3. The number of aromatic nitrogens is 3.